The van der Waals surface area contributed by atoms with Gasteiger partial charge in [-0.2, -0.15) is 5.10 Å². The van der Waals surface area contributed by atoms with Crippen LogP contribution < -0.4 is 5.43 Å². The van der Waals surface area contributed by atoms with Crippen molar-refractivity contribution in [3.8, 4) is 0 Å². The van der Waals surface area contributed by atoms with Crippen molar-refractivity contribution < 1.29 is 4.79 Å². The molecule has 0 unspecified atom stereocenters. The zero-order chi connectivity index (χ0) is 15.2. The summed E-state index contributed by atoms with van der Waals surface area (Å²) in [5.74, 6) is -0.0916. The summed E-state index contributed by atoms with van der Waals surface area (Å²) in [4.78, 5) is 14.1. The summed E-state index contributed by atoms with van der Waals surface area (Å²) in [5, 5.41) is 5.85. The average molecular weight is 318 g/mol. The van der Waals surface area contributed by atoms with E-state index >= 15 is 0 Å². The summed E-state index contributed by atoms with van der Waals surface area (Å²) >= 11 is 3.14. The van der Waals surface area contributed by atoms with Crippen molar-refractivity contribution >= 4 is 35.2 Å². The molecule has 5 heteroatoms. The van der Waals surface area contributed by atoms with Gasteiger partial charge in [0.1, 0.15) is 0 Å². The van der Waals surface area contributed by atoms with Crippen molar-refractivity contribution in [2.24, 2.45) is 5.10 Å². The van der Waals surface area contributed by atoms with Crippen molar-refractivity contribution in [2.75, 3.05) is 0 Å². The number of hydrogen-bond acceptors (Lipinski definition) is 4. The summed E-state index contributed by atoms with van der Waals surface area (Å²) < 4.78 is 0. The zero-order valence-electron chi connectivity index (χ0n) is 12.3. The number of nitrogens with one attached hydrogen (secondary N) is 1. The van der Waals surface area contributed by atoms with E-state index in [4.69, 9.17) is 0 Å². The molecule has 0 aliphatic heterocycles. The number of hydrazone groups is 1. The quantitative estimate of drug-likeness (QED) is 0.514. The van der Waals surface area contributed by atoms with Gasteiger partial charge < -0.3 is 0 Å². The van der Waals surface area contributed by atoms with Gasteiger partial charge in [-0.1, -0.05) is 17.7 Å². The van der Waals surface area contributed by atoms with Gasteiger partial charge in [0.05, 0.1) is 11.5 Å². The van der Waals surface area contributed by atoms with Crippen LogP contribution in [0.2, 0.25) is 0 Å². The Hall–Kier alpha value is -1.59. The molecule has 1 N–H and O–H groups in total. The second kappa shape index (κ2) is 7.43. The van der Waals surface area contributed by atoms with Gasteiger partial charge in [-0.3, -0.25) is 4.79 Å². The third kappa shape index (κ3) is 4.72. The number of benzene rings is 1. The molecule has 110 valence electrons. The molecule has 21 heavy (non-hydrogen) atoms. The van der Waals surface area contributed by atoms with Gasteiger partial charge in [-0.15, -0.1) is 23.1 Å². The standard InChI is InChI=1S/C16H18N2OS2/c1-11-4-6-14(7-5-11)21-13(3)16(19)18-17-10-15-12(2)8-9-20-15/h4-10,13H,1-3H3,(H,18,19)/b17-10-/t13-/m0/s1. The fourth-order valence-corrected chi connectivity index (χ4v) is 3.28. The van der Waals surface area contributed by atoms with Gasteiger partial charge in [0.2, 0.25) is 0 Å². The Morgan fingerprint density at radius 1 is 1.29 bits per heavy atom. The van der Waals surface area contributed by atoms with Gasteiger partial charge in [-0.05, 0) is 49.9 Å². The highest BCUT2D eigenvalue weighted by Crippen LogP contribution is 2.23. The first-order valence-electron chi connectivity index (χ1n) is 6.66. The van der Waals surface area contributed by atoms with Gasteiger partial charge in [0, 0.05) is 9.77 Å². The van der Waals surface area contributed by atoms with Crippen LogP contribution in [0.4, 0.5) is 0 Å². The lowest BCUT2D eigenvalue weighted by atomic mass is 10.2. The minimum atomic E-state index is -0.186. The maximum Gasteiger partial charge on any atom is 0.253 e. The lowest BCUT2D eigenvalue weighted by Crippen LogP contribution is -2.26. The third-order valence-corrected chi connectivity index (χ3v) is 5.03. The van der Waals surface area contributed by atoms with Crippen LogP contribution in [0.15, 0.2) is 45.7 Å². The molecule has 0 fully saturated rings. The second-order valence-electron chi connectivity index (χ2n) is 4.78. The summed E-state index contributed by atoms with van der Waals surface area (Å²) in [6.07, 6.45) is 1.70. The maximum atomic E-state index is 12.0. The normalized spacial score (nSPS) is 12.5. The highest BCUT2D eigenvalue weighted by molar-refractivity contribution is 8.00. The molecule has 0 spiro atoms. The van der Waals surface area contributed by atoms with E-state index in [0.717, 1.165) is 9.77 Å². The van der Waals surface area contributed by atoms with Crippen LogP contribution in [0.3, 0.4) is 0 Å². The molecule has 1 aromatic carbocycles. The number of rotatable bonds is 5. The largest absolute Gasteiger partial charge is 0.272 e. The van der Waals surface area contributed by atoms with Crippen LogP contribution in [0.25, 0.3) is 0 Å². The molecule has 0 radical (unpaired) electrons. The molecular formula is C16H18N2OS2. The van der Waals surface area contributed by atoms with E-state index in [-0.39, 0.29) is 11.2 Å². The second-order valence-corrected chi connectivity index (χ2v) is 7.14. The van der Waals surface area contributed by atoms with E-state index in [0.29, 0.717) is 0 Å². The predicted molar refractivity (Wildman–Crippen MR) is 91.3 cm³/mol. The van der Waals surface area contributed by atoms with Crippen LogP contribution in [-0.4, -0.2) is 17.4 Å². The SMILES string of the molecule is Cc1ccc(S[C@@H](C)C(=O)N/N=C\c2sccc2C)cc1. The van der Waals surface area contributed by atoms with Crippen LogP contribution >= 0.6 is 23.1 Å². The number of carbonyl (C=O) groups is 1. The number of carbonyl (C=O) groups excluding carboxylic acids is 1. The van der Waals surface area contributed by atoms with Crippen LogP contribution in [0.1, 0.15) is 22.9 Å². The van der Waals surface area contributed by atoms with Crippen LogP contribution in [0, 0.1) is 13.8 Å². The van der Waals surface area contributed by atoms with Gasteiger partial charge in [0.15, 0.2) is 0 Å². The average Bonchev–Trinajstić information content (AvgIpc) is 2.87. The Kier molecular flexibility index (Phi) is 5.59. The Bertz CT molecular complexity index is 632. The molecule has 1 heterocycles. The molecular weight excluding hydrogens is 300 g/mol. The lowest BCUT2D eigenvalue weighted by molar-refractivity contribution is -0.120. The Balaban J connectivity index is 1.86. The summed E-state index contributed by atoms with van der Waals surface area (Å²) in [5.41, 5.74) is 4.98. The van der Waals surface area contributed by atoms with E-state index in [1.165, 1.54) is 22.9 Å². The number of amides is 1. The van der Waals surface area contributed by atoms with Crippen molar-refractivity contribution in [3.05, 3.63) is 51.7 Å². The van der Waals surface area contributed by atoms with Gasteiger partial charge in [0.25, 0.3) is 5.91 Å². The highest BCUT2D eigenvalue weighted by Gasteiger charge is 2.13. The van der Waals surface area contributed by atoms with Crippen molar-refractivity contribution in [3.63, 3.8) is 0 Å². The van der Waals surface area contributed by atoms with Crippen molar-refractivity contribution in [2.45, 2.75) is 30.9 Å². The fourth-order valence-electron chi connectivity index (χ4n) is 1.64. The van der Waals surface area contributed by atoms with Gasteiger partial charge >= 0.3 is 0 Å². The molecule has 1 atom stereocenters. The smallest absolute Gasteiger partial charge is 0.253 e. The first kappa shape index (κ1) is 15.8. The molecule has 2 rings (SSSR count). The Morgan fingerprint density at radius 2 is 2.00 bits per heavy atom. The molecule has 0 bridgehead atoms. The van der Waals surface area contributed by atoms with Crippen LogP contribution in [0.5, 0.6) is 0 Å². The first-order valence-corrected chi connectivity index (χ1v) is 8.42. The molecule has 0 saturated carbocycles. The van der Waals surface area contributed by atoms with E-state index < -0.39 is 0 Å². The molecule has 0 saturated heterocycles. The fraction of sp³-hybridized carbons (Fsp3) is 0.250. The molecule has 2 aromatic rings. The van der Waals surface area contributed by atoms with E-state index in [2.05, 4.69) is 10.5 Å². The monoisotopic (exact) mass is 318 g/mol. The third-order valence-electron chi connectivity index (χ3n) is 2.96. The van der Waals surface area contributed by atoms with E-state index in [9.17, 15) is 4.79 Å². The Labute approximate surface area is 133 Å². The van der Waals surface area contributed by atoms with Crippen LogP contribution in [-0.2, 0) is 4.79 Å². The topological polar surface area (TPSA) is 41.5 Å². The molecule has 0 aliphatic carbocycles. The maximum absolute atomic E-state index is 12.0. The van der Waals surface area contributed by atoms with E-state index in [1.807, 2.05) is 56.5 Å². The minimum absolute atomic E-state index is 0.0916. The molecule has 3 nitrogen and oxygen atoms in total. The van der Waals surface area contributed by atoms with Crippen molar-refractivity contribution in [1.82, 2.24) is 5.43 Å². The minimum Gasteiger partial charge on any atom is -0.272 e. The summed E-state index contributed by atoms with van der Waals surface area (Å²) in [6.45, 7) is 5.95. The zero-order valence-corrected chi connectivity index (χ0v) is 13.9. The summed E-state index contributed by atoms with van der Waals surface area (Å²) in [7, 11) is 0. The molecule has 1 aromatic heterocycles. The lowest BCUT2D eigenvalue weighted by Gasteiger charge is -2.09. The van der Waals surface area contributed by atoms with Crippen molar-refractivity contribution in [1.29, 1.82) is 0 Å². The van der Waals surface area contributed by atoms with E-state index in [1.54, 1.807) is 17.6 Å². The highest BCUT2D eigenvalue weighted by atomic mass is 32.2. The molecule has 1 amide bonds. The number of hydrogen-bond donors (Lipinski definition) is 1. The number of thioether (sulfide) groups is 1. The number of aryl methyl sites for hydroxylation is 2. The number of thiophene rings is 1. The summed E-state index contributed by atoms with van der Waals surface area (Å²) in [6, 6.07) is 10.2. The Morgan fingerprint density at radius 3 is 2.62 bits per heavy atom. The van der Waals surface area contributed by atoms with Gasteiger partial charge in [-0.25, -0.2) is 5.43 Å². The molecule has 0 aliphatic rings. The predicted octanol–water partition coefficient (Wildman–Crippen LogP) is 4.00. The first-order chi connectivity index (χ1) is 10.1. The number of nitrogens with zero attached hydrogens (tertiary/aromatic N) is 1.